The molecular weight excluding hydrogens is 382 g/mol. The Balaban J connectivity index is 1.91. The fraction of sp³-hybridized carbons (Fsp3) is 0.350. The van der Waals surface area contributed by atoms with Gasteiger partial charge >= 0.3 is 6.09 Å². The lowest BCUT2D eigenvalue weighted by Gasteiger charge is -2.19. The number of hydrogen-bond acceptors (Lipinski definition) is 5. The topological polar surface area (TPSA) is 89.1 Å². The van der Waals surface area contributed by atoms with Crippen molar-refractivity contribution in [3.05, 3.63) is 41.9 Å². The van der Waals surface area contributed by atoms with Crippen LogP contribution in [0.2, 0.25) is 0 Å². The number of fused-ring (bicyclic) bond motifs is 1. The lowest BCUT2D eigenvalue weighted by molar-refractivity contribution is 0.0636. The number of carbonyl (C=O) groups excluding carboxylic acids is 1. The molecule has 0 atom stereocenters. The zero-order chi connectivity index (χ0) is 21.3. The van der Waals surface area contributed by atoms with E-state index in [2.05, 4.69) is 20.3 Å². The summed E-state index contributed by atoms with van der Waals surface area (Å²) in [5.41, 5.74) is 0.522. The van der Waals surface area contributed by atoms with Crippen molar-refractivity contribution in [3.63, 3.8) is 0 Å². The first-order valence-corrected chi connectivity index (χ1v) is 9.04. The maximum atomic E-state index is 14.6. The normalized spacial score (nSPS) is 11.7. The standard InChI is InChI=1S/C20H22F2N4O3/c1-10(2)12-8-23-17-15(12)18(25-9-24-17)28-16-13(21)6-11(7-14(16)22)26-19(27)29-20(3,4)5/h6-10H,1-5H3,(H,26,27)(H,23,24,25). The maximum absolute atomic E-state index is 14.6. The molecule has 154 valence electrons. The molecule has 0 spiro atoms. The van der Waals surface area contributed by atoms with Gasteiger partial charge in [0.05, 0.1) is 11.1 Å². The van der Waals surface area contributed by atoms with Crippen LogP contribution in [0.4, 0.5) is 19.3 Å². The highest BCUT2D eigenvalue weighted by atomic mass is 19.1. The number of nitrogens with one attached hydrogen (secondary N) is 2. The Morgan fingerprint density at radius 1 is 1.17 bits per heavy atom. The second kappa shape index (κ2) is 7.65. The molecule has 29 heavy (non-hydrogen) atoms. The van der Waals surface area contributed by atoms with Crippen molar-refractivity contribution < 1.29 is 23.0 Å². The highest BCUT2D eigenvalue weighted by molar-refractivity contribution is 5.86. The van der Waals surface area contributed by atoms with E-state index in [1.165, 1.54) is 6.33 Å². The van der Waals surface area contributed by atoms with Gasteiger partial charge in [0.25, 0.3) is 0 Å². The molecule has 3 rings (SSSR count). The van der Waals surface area contributed by atoms with Gasteiger partial charge in [-0.1, -0.05) is 13.8 Å². The molecule has 7 nitrogen and oxygen atoms in total. The van der Waals surface area contributed by atoms with Crippen LogP contribution in [-0.4, -0.2) is 26.6 Å². The average molecular weight is 404 g/mol. The molecule has 2 aromatic heterocycles. The molecule has 0 saturated carbocycles. The molecule has 0 aliphatic carbocycles. The third-order valence-electron chi connectivity index (χ3n) is 3.93. The van der Waals surface area contributed by atoms with Gasteiger partial charge in [-0.15, -0.1) is 0 Å². The second-order valence-corrected chi connectivity index (χ2v) is 7.80. The molecule has 2 N–H and O–H groups in total. The van der Waals surface area contributed by atoms with Gasteiger partial charge in [0.2, 0.25) is 11.6 Å². The lowest BCUT2D eigenvalue weighted by atomic mass is 10.0. The quantitative estimate of drug-likeness (QED) is 0.599. The van der Waals surface area contributed by atoms with Crippen LogP contribution in [0.5, 0.6) is 11.6 Å². The maximum Gasteiger partial charge on any atom is 0.412 e. The summed E-state index contributed by atoms with van der Waals surface area (Å²) in [5, 5.41) is 2.85. The number of H-pyrrole nitrogens is 1. The first-order valence-electron chi connectivity index (χ1n) is 9.04. The van der Waals surface area contributed by atoms with Crippen LogP contribution in [0.15, 0.2) is 24.7 Å². The van der Waals surface area contributed by atoms with Crippen LogP contribution < -0.4 is 10.1 Å². The minimum Gasteiger partial charge on any atom is -0.444 e. The van der Waals surface area contributed by atoms with Gasteiger partial charge in [-0.25, -0.2) is 23.5 Å². The first-order chi connectivity index (χ1) is 13.5. The van der Waals surface area contributed by atoms with Crippen molar-refractivity contribution in [2.24, 2.45) is 0 Å². The first kappa shape index (κ1) is 20.5. The van der Waals surface area contributed by atoms with E-state index in [0.29, 0.717) is 11.0 Å². The molecule has 0 aliphatic rings. The second-order valence-electron chi connectivity index (χ2n) is 7.80. The van der Waals surface area contributed by atoms with Crippen molar-refractivity contribution >= 4 is 22.8 Å². The Kier molecular flexibility index (Phi) is 5.41. The Morgan fingerprint density at radius 2 is 1.83 bits per heavy atom. The van der Waals surface area contributed by atoms with E-state index in [1.54, 1.807) is 27.0 Å². The van der Waals surface area contributed by atoms with Gasteiger partial charge in [-0.3, -0.25) is 5.32 Å². The Bertz CT molecular complexity index is 1030. The minimum atomic E-state index is -0.996. The average Bonchev–Trinajstić information content (AvgIpc) is 3.01. The number of ether oxygens (including phenoxy) is 2. The zero-order valence-corrected chi connectivity index (χ0v) is 16.8. The number of aromatic amines is 1. The van der Waals surface area contributed by atoms with Gasteiger partial charge in [-0.2, -0.15) is 0 Å². The summed E-state index contributed by atoms with van der Waals surface area (Å²) in [4.78, 5) is 23.0. The third kappa shape index (κ3) is 4.61. The van der Waals surface area contributed by atoms with E-state index < -0.39 is 29.1 Å². The Morgan fingerprint density at radius 3 is 2.41 bits per heavy atom. The van der Waals surface area contributed by atoms with Crippen molar-refractivity contribution in [3.8, 4) is 11.6 Å². The third-order valence-corrected chi connectivity index (χ3v) is 3.93. The Labute approximate surface area is 166 Å². The van der Waals surface area contributed by atoms with Crippen molar-refractivity contribution in [2.75, 3.05) is 5.32 Å². The molecule has 0 unspecified atom stereocenters. The SMILES string of the molecule is CC(C)c1c[nH]c2ncnc(Oc3c(F)cc(NC(=O)OC(C)(C)C)cc3F)c12. The minimum absolute atomic E-state index is 0.0330. The number of hydrogen-bond donors (Lipinski definition) is 2. The van der Waals surface area contributed by atoms with Crippen LogP contribution in [0.25, 0.3) is 11.0 Å². The number of rotatable bonds is 4. The van der Waals surface area contributed by atoms with E-state index in [0.717, 1.165) is 17.7 Å². The summed E-state index contributed by atoms with van der Waals surface area (Å²) in [5.74, 6) is -2.47. The summed E-state index contributed by atoms with van der Waals surface area (Å²) in [6.07, 6.45) is 2.18. The number of aromatic nitrogens is 3. The van der Waals surface area contributed by atoms with Crippen LogP contribution in [0, 0.1) is 11.6 Å². The summed E-state index contributed by atoms with van der Waals surface area (Å²) < 4.78 is 39.7. The monoisotopic (exact) mass is 404 g/mol. The summed E-state index contributed by atoms with van der Waals surface area (Å²) in [6.45, 7) is 8.98. The van der Waals surface area contributed by atoms with Gasteiger partial charge in [0.15, 0.2) is 11.6 Å². The van der Waals surface area contributed by atoms with Crippen molar-refractivity contribution in [2.45, 2.75) is 46.1 Å². The van der Waals surface area contributed by atoms with Crippen molar-refractivity contribution in [1.82, 2.24) is 15.0 Å². The number of benzene rings is 1. The predicted molar refractivity (Wildman–Crippen MR) is 104 cm³/mol. The van der Waals surface area contributed by atoms with Crippen LogP contribution >= 0.6 is 0 Å². The Hall–Kier alpha value is -3.23. The van der Waals surface area contributed by atoms with Crippen molar-refractivity contribution in [1.29, 1.82) is 0 Å². The van der Waals surface area contributed by atoms with Gasteiger partial charge in [0.1, 0.15) is 17.6 Å². The van der Waals surface area contributed by atoms with Gasteiger partial charge in [0, 0.05) is 18.3 Å². The molecule has 0 fully saturated rings. The molecule has 2 heterocycles. The lowest BCUT2D eigenvalue weighted by Crippen LogP contribution is -2.27. The fourth-order valence-corrected chi connectivity index (χ4v) is 2.74. The summed E-state index contributed by atoms with van der Waals surface area (Å²) in [6, 6.07) is 1.89. The molecule has 0 radical (unpaired) electrons. The molecule has 3 aromatic rings. The molecule has 1 aromatic carbocycles. The highest BCUT2D eigenvalue weighted by Gasteiger charge is 2.21. The molecule has 0 bridgehead atoms. The van der Waals surface area contributed by atoms with Crippen LogP contribution in [0.3, 0.4) is 0 Å². The van der Waals surface area contributed by atoms with E-state index in [-0.39, 0.29) is 17.5 Å². The molecule has 9 heteroatoms. The largest absolute Gasteiger partial charge is 0.444 e. The number of amides is 1. The molecular formula is C20H22F2N4O3. The van der Waals surface area contributed by atoms with Gasteiger partial charge < -0.3 is 14.5 Å². The van der Waals surface area contributed by atoms with E-state index in [4.69, 9.17) is 9.47 Å². The molecule has 0 saturated heterocycles. The summed E-state index contributed by atoms with van der Waals surface area (Å²) in [7, 11) is 0. The van der Waals surface area contributed by atoms with E-state index in [1.807, 2.05) is 13.8 Å². The van der Waals surface area contributed by atoms with Crippen LogP contribution in [0.1, 0.15) is 46.1 Å². The summed E-state index contributed by atoms with van der Waals surface area (Å²) >= 11 is 0. The number of anilines is 1. The van der Waals surface area contributed by atoms with Crippen LogP contribution in [-0.2, 0) is 4.74 Å². The highest BCUT2D eigenvalue weighted by Crippen LogP contribution is 2.35. The zero-order valence-electron chi connectivity index (χ0n) is 16.8. The van der Waals surface area contributed by atoms with Gasteiger partial charge in [-0.05, 0) is 32.3 Å². The predicted octanol–water partition coefficient (Wildman–Crippen LogP) is 5.50. The van der Waals surface area contributed by atoms with E-state index >= 15 is 0 Å². The molecule has 0 aliphatic heterocycles. The fourth-order valence-electron chi connectivity index (χ4n) is 2.74. The van der Waals surface area contributed by atoms with E-state index in [9.17, 15) is 13.6 Å². The molecule has 1 amide bonds. The number of nitrogens with zero attached hydrogens (tertiary/aromatic N) is 2. The number of halogens is 2. The number of carbonyl (C=O) groups is 1. The smallest absolute Gasteiger partial charge is 0.412 e.